The van der Waals surface area contributed by atoms with Crippen LogP contribution in [0.25, 0.3) is 10.1 Å². The van der Waals surface area contributed by atoms with E-state index < -0.39 is 17.0 Å². The number of amides is 1. The molecule has 0 aliphatic heterocycles. The fourth-order valence-electron chi connectivity index (χ4n) is 1.88. The van der Waals surface area contributed by atoms with Crippen LogP contribution < -0.4 is 0 Å². The molecule has 22 heavy (non-hydrogen) atoms. The van der Waals surface area contributed by atoms with Crippen LogP contribution in [0.4, 0.5) is 5.69 Å². The van der Waals surface area contributed by atoms with E-state index in [1.807, 2.05) is 0 Å². The largest absolute Gasteiger partial charge is 0.448 e. The Morgan fingerprint density at radius 1 is 1.32 bits per heavy atom. The van der Waals surface area contributed by atoms with Gasteiger partial charge in [-0.1, -0.05) is 0 Å². The topological polar surface area (TPSA) is 89.7 Å². The van der Waals surface area contributed by atoms with Crippen molar-refractivity contribution < 1.29 is 19.2 Å². The van der Waals surface area contributed by atoms with Crippen molar-refractivity contribution in [1.82, 2.24) is 4.90 Å². The molecule has 8 heteroatoms. The first kappa shape index (κ1) is 15.9. The molecule has 0 radical (unpaired) electrons. The SMILES string of the molecule is C[C@@H](OC(=O)c1cc2cc([N+](=O)[O-])ccc2s1)C(=O)N(C)C. The van der Waals surface area contributed by atoms with Crippen LogP contribution in [0.3, 0.4) is 0 Å². The number of nitro benzene ring substituents is 1. The molecule has 1 atom stereocenters. The molecule has 0 saturated carbocycles. The van der Waals surface area contributed by atoms with Crippen molar-refractivity contribution in [1.29, 1.82) is 0 Å². The quantitative estimate of drug-likeness (QED) is 0.490. The van der Waals surface area contributed by atoms with E-state index >= 15 is 0 Å². The number of carbonyl (C=O) groups excluding carboxylic acids is 2. The number of carbonyl (C=O) groups is 2. The zero-order valence-electron chi connectivity index (χ0n) is 12.2. The van der Waals surface area contributed by atoms with E-state index in [0.29, 0.717) is 10.3 Å². The number of nitrogens with zero attached hydrogens (tertiary/aromatic N) is 2. The summed E-state index contributed by atoms with van der Waals surface area (Å²) in [6.07, 6.45) is -0.887. The van der Waals surface area contributed by atoms with E-state index in [1.165, 1.54) is 41.4 Å². The smallest absolute Gasteiger partial charge is 0.349 e. The van der Waals surface area contributed by atoms with Crippen LogP contribution in [0, 0.1) is 10.1 Å². The molecule has 1 amide bonds. The van der Waals surface area contributed by atoms with Gasteiger partial charge in [-0.15, -0.1) is 11.3 Å². The van der Waals surface area contributed by atoms with Gasteiger partial charge in [-0.25, -0.2) is 4.79 Å². The van der Waals surface area contributed by atoms with Gasteiger partial charge in [-0.2, -0.15) is 0 Å². The molecule has 1 heterocycles. The molecule has 0 fully saturated rings. The molecule has 1 aromatic carbocycles. The number of benzene rings is 1. The number of non-ortho nitro benzene ring substituents is 1. The molecule has 0 aliphatic carbocycles. The maximum absolute atomic E-state index is 12.1. The van der Waals surface area contributed by atoms with Crippen LogP contribution >= 0.6 is 11.3 Å². The highest BCUT2D eigenvalue weighted by Crippen LogP contribution is 2.29. The first-order chi connectivity index (χ1) is 10.3. The van der Waals surface area contributed by atoms with Crippen LogP contribution in [0.2, 0.25) is 0 Å². The molecule has 2 aromatic rings. The first-order valence-electron chi connectivity index (χ1n) is 6.39. The Kier molecular flexibility index (Phi) is 4.41. The summed E-state index contributed by atoms with van der Waals surface area (Å²) >= 11 is 1.17. The minimum absolute atomic E-state index is 0.0404. The number of ether oxygens (including phenoxy) is 1. The van der Waals surface area contributed by atoms with Gasteiger partial charge in [0.15, 0.2) is 6.10 Å². The van der Waals surface area contributed by atoms with E-state index in [-0.39, 0.29) is 11.6 Å². The number of rotatable bonds is 4. The monoisotopic (exact) mass is 322 g/mol. The summed E-state index contributed by atoms with van der Waals surface area (Å²) in [7, 11) is 3.15. The Morgan fingerprint density at radius 3 is 2.59 bits per heavy atom. The third kappa shape index (κ3) is 3.22. The van der Waals surface area contributed by atoms with E-state index in [9.17, 15) is 19.7 Å². The Balaban J connectivity index is 2.22. The average Bonchev–Trinajstić information content (AvgIpc) is 2.88. The van der Waals surface area contributed by atoms with Crippen molar-refractivity contribution in [3.05, 3.63) is 39.3 Å². The number of thiophene rings is 1. The van der Waals surface area contributed by atoms with Crippen molar-refractivity contribution in [2.45, 2.75) is 13.0 Å². The molecular formula is C14H14N2O5S. The minimum atomic E-state index is -0.887. The zero-order valence-corrected chi connectivity index (χ0v) is 13.0. The molecule has 0 spiro atoms. The summed E-state index contributed by atoms with van der Waals surface area (Å²) in [5.74, 6) is -0.934. The highest BCUT2D eigenvalue weighted by atomic mass is 32.1. The fraction of sp³-hybridized carbons (Fsp3) is 0.286. The van der Waals surface area contributed by atoms with E-state index in [2.05, 4.69) is 0 Å². The van der Waals surface area contributed by atoms with Gasteiger partial charge in [0, 0.05) is 36.3 Å². The standard InChI is InChI=1S/C14H14N2O5S/c1-8(13(17)15(2)3)21-14(18)12-7-9-6-10(16(19)20)4-5-11(9)22-12/h4-8H,1-3H3/t8-/m1/s1. The van der Waals surface area contributed by atoms with Crippen LogP contribution in [-0.4, -0.2) is 41.9 Å². The van der Waals surface area contributed by atoms with Crippen LogP contribution in [-0.2, 0) is 9.53 Å². The Labute approximate surface area is 130 Å². The van der Waals surface area contributed by atoms with Crippen molar-refractivity contribution in [3.63, 3.8) is 0 Å². The fourth-order valence-corrected chi connectivity index (χ4v) is 2.80. The summed E-state index contributed by atoms with van der Waals surface area (Å²) in [5.41, 5.74) is -0.0404. The summed E-state index contributed by atoms with van der Waals surface area (Å²) in [4.78, 5) is 35.6. The lowest BCUT2D eigenvalue weighted by Crippen LogP contribution is -2.34. The van der Waals surface area contributed by atoms with Crippen molar-refractivity contribution in [2.75, 3.05) is 14.1 Å². The molecule has 0 N–H and O–H groups in total. The predicted molar refractivity (Wildman–Crippen MR) is 82.1 cm³/mol. The number of hydrogen-bond acceptors (Lipinski definition) is 6. The second-order valence-electron chi connectivity index (χ2n) is 4.87. The second-order valence-corrected chi connectivity index (χ2v) is 5.95. The Hall–Kier alpha value is -2.48. The lowest BCUT2D eigenvalue weighted by atomic mass is 10.2. The Morgan fingerprint density at radius 2 is 2.00 bits per heavy atom. The van der Waals surface area contributed by atoms with Gasteiger partial charge < -0.3 is 9.64 Å². The van der Waals surface area contributed by atoms with Crippen molar-refractivity contribution in [2.24, 2.45) is 0 Å². The van der Waals surface area contributed by atoms with Gasteiger partial charge in [0.2, 0.25) is 0 Å². The molecule has 7 nitrogen and oxygen atoms in total. The van der Waals surface area contributed by atoms with Gasteiger partial charge >= 0.3 is 5.97 Å². The molecule has 0 unspecified atom stereocenters. The second kappa shape index (κ2) is 6.10. The molecule has 2 rings (SSSR count). The van der Waals surface area contributed by atoms with Crippen LogP contribution in [0.1, 0.15) is 16.6 Å². The predicted octanol–water partition coefficient (Wildman–Crippen LogP) is 2.44. The lowest BCUT2D eigenvalue weighted by Gasteiger charge is -2.16. The molecule has 0 saturated heterocycles. The normalized spacial score (nSPS) is 12.0. The molecule has 0 bridgehead atoms. The van der Waals surface area contributed by atoms with Crippen molar-refractivity contribution >= 4 is 39.0 Å². The minimum Gasteiger partial charge on any atom is -0.448 e. The van der Waals surface area contributed by atoms with E-state index in [1.54, 1.807) is 20.2 Å². The number of nitro groups is 1. The van der Waals surface area contributed by atoms with Gasteiger partial charge in [0.25, 0.3) is 11.6 Å². The molecular weight excluding hydrogens is 308 g/mol. The van der Waals surface area contributed by atoms with Crippen LogP contribution in [0.15, 0.2) is 24.3 Å². The number of fused-ring (bicyclic) bond motifs is 1. The average molecular weight is 322 g/mol. The number of likely N-dealkylation sites (N-methyl/N-ethyl adjacent to an activating group) is 1. The molecule has 116 valence electrons. The lowest BCUT2D eigenvalue weighted by molar-refractivity contribution is -0.384. The first-order valence-corrected chi connectivity index (χ1v) is 7.21. The summed E-state index contributed by atoms with van der Waals surface area (Å²) in [5, 5.41) is 11.3. The van der Waals surface area contributed by atoms with E-state index in [0.717, 1.165) is 4.70 Å². The third-order valence-electron chi connectivity index (χ3n) is 2.98. The maximum atomic E-state index is 12.1. The van der Waals surface area contributed by atoms with Gasteiger partial charge in [0.05, 0.1) is 4.92 Å². The van der Waals surface area contributed by atoms with Gasteiger partial charge in [0.1, 0.15) is 4.88 Å². The third-order valence-corrected chi connectivity index (χ3v) is 4.08. The van der Waals surface area contributed by atoms with Crippen molar-refractivity contribution in [3.8, 4) is 0 Å². The maximum Gasteiger partial charge on any atom is 0.349 e. The Bertz CT molecular complexity index is 753. The highest BCUT2D eigenvalue weighted by Gasteiger charge is 2.22. The van der Waals surface area contributed by atoms with Gasteiger partial charge in [-0.05, 0) is 19.1 Å². The summed E-state index contributed by atoms with van der Waals surface area (Å²) < 4.78 is 5.85. The highest BCUT2D eigenvalue weighted by molar-refractivity contribution is 7.20. The molecule has 0 aliphatic rings. The molecule has 1 aromatic heterocycles. The zero-order chi connectivity index (χ0) is 16.4. The summed E-state index contributed by atoms with van der Waals surface area (Å²) in [6.45, 7) is 1.50. The van der Waals surface area contributed by atoms with Gasteiger partial charge in [-0.3, -0.25) is 14.9 Å². The van der Waals surface area contributed by atoms with Crippen LogP contribution in [0.5, 0.6) is 0 Å². The number of esters is 1. The number of hydrogen-bond donors (Lipinski definition) is 0. The summed E-state index contributed by atoms with van der Waals surface area (Å²) in [6, 6.07) is 5.90. The van der Waals surface area contributed by atoms with E-state index in [4.69, 9.17) is 4.74 Å².